The van der Waals surface area contributed by atoms with E-state index in [0.717, 1.165) is 31.0 Å². The zero-order chi connectivity index (χ0) is 12.1. The van der Waals surface area contributed by atoms with Crippen molar-refractivity contribution in [1.29, 1.82) is 0 Å². The fourth-order valence-electron chi connectivity index (χ4n) is 2.35. The molecule has 1 saturated heterocycles. The van der Waals surface area contributed by atoms with Gasteiger partial charge in [-0.3, -0.25) is 0 Å². The van der Waals surface area contributed by atoms with E-state index in [1.54, 1.807) is 11.3 Å². The Morgan fingerprint density at radius 3 is 3.12 bits per heavy atom. The molecule has 1 aromatic heterocycles. The molecule has 1 aliphatic rings. The van der Waals surface area contributed by atoms with Crippen LogP contribution in [0.2, 0.25) is 5.02 Å². The fourth-order valence-corrected chi connectivity index (χ4v) is 3.65. The predicted octanol–water partition coefficient (Wildman–Crippen LogP) is 4.01. The van der Waals surface area contributed by atoms with Crippen LogP contribution in [0.1, 0.15) is 43.5 Å². The second-order valence-corrected chi connectivity index (χ2v) is 5.81. The molecule has 0 bridgehead atoms. The van der Waals surface area contributed by atoms with E-state index < -0.39 is 0 Å². The van der Waals surface area contributed by atoms with Crippen molar-refractivity contribution in [2.75, 3.05) is 13.2 Å². The van der Waals surface area contributed by atoms with Crippen molar-refractivity contribution in [3.63, 3.8) is 0 Å². The minimum Gasteiger partial charge on any atom is -0.378 e. The Morgan fingerprint density at radius 2 is 2.53 bits per heavy atom. The van der Waals surface area contributed by atoms with Crippen LogP contribution in [0, 0.1) is 0 Å². The lowest BCUT2D eigenvalue weighted by atomic mass is 10.0. The first-order valence-electron chi connectivity index (χ1n) is 6.39. The Morgan fingerprint density at radius 1 is 1.65 bits per heavy atom. The summed E-state index contributed by atoms with van der Waals surface area (Å²) < 4.78 is 5.67. The largest absolute Gasteiger partial charge is 0.378 e. The van der Waals surface area contributed by atoms with Crippen molar-refractivity contribution in [2.24, 2.45) is 0 Å². The molecule has 0 amide bonds. The molecule has 2 atom stereocenters. The molecule has 1 fully saturated rings. The van der Waals surface area contributed by atoms with Crippen LogP contribution in [0.3, 0.4) is 0 Å². The average Bonchev–Trinajstić information content (AvgIpc) is 2.95. The molecule has 2 unspecified atom stereocenters. The molecule has 2 rings (SSSR count). The van der Waals surface area contributed by atoms with Crippen molar-refractivity contribution in [3.05, 3.63) is 21.3 Å². The summed E-state index contributed by atoms with van der Waals surface area (Å²) in [6.45, 7) is 4.06. The van der Waals surface area contributed by atoms with Crippen LogP contribution in [0.4, 0.5) is 0 Å². The van der Waals surface area contributed by atoms with Crippen molar-refractivity contribution in [1.82, 2.24) is 5.32 Å². The van der Waals surface area contributed by atoms with Gasteiger partial charge in [0.1, 0.15) is 0 Å². The SMILES string of the molecule is CCNC(CCC1CCCO1)c1sccc1Cl. The summed E-state index contributed by atoms with van der Waals surface area (Å²) >= 11 is 7.95. The van der Waals surface area contributed by atoms with Crippen LogP contribution < -0.4 is 5.32 Å². The molecule has 2 nitrogen and oxygen atoms in total. The van der Waals surface area contributed by atoms with Crippen molar-refractivity contribution < 1.29 is 4.74 Å². The molecule has 96 valence electrons. The summed E-state index contributed by atoms with van der Waals surface area (Å²) in [7, 11) is 0. The summed E-state index contributed by atoms with van der Waals surface area (Å²) in [6.07, 6.45) is 5.15. The van der Waals surface area contributed by atoms with E-state index in [1.165, 1.54) is 17.7 Å². The molecule has 0 aliphatic carbocycles. The lowest BCUT2D eigenvalue weighted by molar-refractivity contribution is 0.0997. The minimum atomic E-state index is 0.386. The minimum absolute atomic E-state index is 0.386. The summed E-state index contributed by atoms with van der Waals surface area (Å²) in [5.41, 5.74) is 0. The third-order valence-corrected chi connectivity index (χ3v) is 4.69. The number of hydrogen-bond donors (Lipinski definition) is 1. The van der Waals surface area contributed by atoms with Gasteiger partial charge in [0.2, 0.25) is 0 Å². The van der Waals surface area contributed by atoms with Gasteiger partial charge >= 0.3 is 0 Å². The van der Waals surface area contributed by atoms with Crippen molar-refractivity contribution in [3.8, 4) is 0 Å². The lowest BCUT2D eigenvalue weighted by Crippen LogP contribution is -2.21. The zero-order valence-electron chi connectivity index (χ0n) is 10.2. The molecule has 0 radical (unpaired) electrons. The fraction of sp³-hybridized carbons (Fsp3) is 0.692. The quantitative estimate of drug-likeness (QED) is 0.846. The van der Waals surface area contributed by atoms with Crippen LogP contribution in [0.25, 0.3) is 0 Å². The van der Waals surface area contributed by atoms with Gasteiger partial charge in [-0.15, -0.1) is 11.3 Å². The van der Waals surface area contributed by atoms with Crippen LogP contribution in [0.5, 0.6) is 0 Å². The van der Waals surface area contributed by atoms with E-state index in [9.17, 15) is 0 Å². The molecule has 0 aromatic carbocycles. The normalized spacial score (nSPS) is 21.9. The van der Waals surface area contributed by atoms with Gasteiger partial charge in [0.25, 0.3) is 0 Å². The Labute approximate surface area is 112 Å². The number of halogens is 1. The molecule has 17 heavy (non-hydrogen) atoms. The Hall–Kier alpha value is -0.0900. The average molecular weight is 274 g/mol. The number of ether oxygens (including phenoxy) is 1. The van der Waals surface area contributed by atoms with Gasteiger partial charge < -0.3 is 10.1 Å². The highest BCUT2D eigenvalue weighted by Crippen LogP contribution is 2.32. The first-order chi connectivity index (χ1) is 8.31. The Kier molecular flexibility index (Phi) is 5.29. The van der Waals surface area contributed by atoms with Gasteiger partial charge in [-0.1, -0.05) is 18.5 Å². The van der Waals surface area contributed by atoms with Gasteiger partial charge in [-0.05, 0) is 43.7 Å². The van der Waals surface area contributed by atoms with Crippen LogP contribution in [-0.2, 0) is 4.74 Å². The predicted molar refractivity (Wildman–Crippen MR) is 74.0 cm³/mol. The number of hydrogen-bond acceptors (Lipinski definition) is 3. The zero-order valence-corrected chi connectivity index (χ0v) is 11.8. The van der Waals surface area contributed by atoms with Gasteiger partial charge in [0, 0.05) is 17.5 Å². The van der Waals surface area contributed by atoms with Crippen LogP contribution >= 0.6 is 22.9 Å². The van der Waals surface area contributed by atoms with Gasteiger partial charge in [-0.2, -0.15) is 0 Å². The molecule has 1 N–H and O–H groups in total. The molecule has 0 spiro atoms. The van der Waals surface area contributed by atoms with Gasteiger partial charge in [0.05, 0.1) is 11.1 Å². The van der Waals surface area contributed by atoms with Crippen LogP contribution in [0.15, 0.2) is 11.4 Å². The highest BCUT2D eigenvalue weighted by molar-refractivity contribution is 7.10. The summed E-state index contributed by atoms with van der Waals surface area (Å²) in [5.74, 6) is 0. The summed E-state index contributed by atoms with van der Waals surface area (Å²) in [6, 6.07) is 2.37. The standard InChI is InChI=1S/C13H20ClNOS/c1-2-15-12(13-11(14)7-9-17-13)6-5-10-4-3-8-16-10/h7,9-10,12,15H,2-6,8H2,1H3. The molecular weight excluding hydrogens is 254 g/mol. The highest BCUT2D eigenvalue weighted by atomic mass is 35.5. The van der Waals surface area contributed by atoms with E-state index in [4.69, 9.17) is 16.3 Å². The van der Waals surface area contributed by atoms with E-state index in [1.807, 2.05) is 6.07 Å². The third kappa shape index (κ3) is 3.68. The molecule has 0 saturated carbocycles. The second kappa shape index (κ2) is 6.74. The van der Waals surface area contributed by atoms with E-state index in [0.29, 0.717) is 12.1 Å². The maximum absolute atomic E-state index is 6.20. The second-order valence-electron chi connectivity index (χ2n) is 4.46. The smallest absolute Gasteiger partial charge is 0.0576 e. The Bertz CT molecular complexity index is 336. The maximum atomic E-state index is 6.20. The van der Waals surface area contributed by atoms with E-state index in [2.05, 4.69) is 17.6 Å². The topological polar surface area (TPSA) is 21.3 Å². The number of rotatable bonds is 6. The highest BCUT2D eigenvalue weighted by Gasteiger charge is 2.20. The molecule has 1 aliphatic heterocycles. The monoisotopic (exact) mass is 273 g/mol. The number of nitrogens with one attached hydrogen (secondary N) is 1. The molecule has 1 aromatic rings. The summed E-state index contributed by atoms with van der Waals surface area (Å²) in [4.78, 5) is 1.27. The van der Waals surface area contributed by atoms with E-state index in [-0.39, 0.29) is 0 Å². The van der Waals surface area contributed by atoms with Crippen molar-refractivity contribution in [2.45, 2.75) is 44.8 Å². The van der Waals surface area contributed by atoms with Gasteiger partial charge in [-0.25, -0.2) is 0 Å². The Balaban J connectivity index is 1.90. The molecule has 4 heteroatoms. The third-order valence-electron chi connectivity index (χ3n) is 3.21. The lowest BCUT2D eigenvalue weighted by Gasteiger charge is -2.19. The molecule has 2 heterocycles. The van der Waals surface area contributed by atoms with Crippen molar-refractivity contribution >= 4 is 22.9 Å². The first kappa shape index (κ1) is 13.3. The van der Waals surface area contributed by atoms with Crippen LogP contribution in [-0.4, -0.2) is 19.3 Å². The number of thiophene rings is 1. The maximum Gasteiger partial charge on any atom is 0.0576 e. The van der Waals surface area contributed by atoms with Gasteiger partial charge in [0.15, 0.2) is 0 Å². The molecular formula is C13H20ClNOS. The van der Waals surface area contributed by atoms with E-state index >= 15 is 0 Å². The summed E-state index contributed by atoms with van der Waals surface area (Å²) in [5, 5.41) is 6.48. The first-order valence-corrected chi connectivity index (χ1v) is 7.65.